The van der Waals surface area contributed by atoms with E-state index in [9.17, 15) is 18.8 Å². The van der Waals surface area contributed by atoms with Crippen LogP contribution >= 0.6 is 0 Å². The first kappa shape index (κ1) is 20.8. The van der Waals surface area contributed by atoms with Crippen molar-refractivity contribution in [3.05, 3.63) is 81.1 Å². The van der Waals surface area contributed by atoms with Gasteiger partial charge in [0.1, 0.15) is 12.4 Å². The second kappa shape index (κ2) is 8.45. The molecule has 0 radical (unpaired) electrons. The van der Waals surface area contributed by atoms with Gasteiger partial charge in [-0.15, -0.1) is 0 Å². The van der Waals surface area contributed by atoms with Gasteiger partial charge in [0, 0.05) is 18.7 Å². The van der Waals surface area contributed by atoms with Crippen LogP contribution in [0.3, 0.4) is 0 Å². The number of carbonyl (C=O) groups excluding carboxylic acids is 1. The molecule has 1 aliphatic heterocycles. The number of aromatic amines is 1. The van der Waals surface area contributed by atoms with Crippen LogP contribution in [0, 0.1) is 5.82 Å². The molecule has 5 rings (SSSR count). The maximum atomic E-state index is 13.5. The Morgan fingerprint density at radius 2 is 2.03 bits per heavy atom. The lowest BCUT2D eigenvalue weighted by atomic mass is 9.98. The molecule has 4 aromatic rings. The van der Waals surface area contributed by atoms with Crippen LogP contribution in [-0.4, -0.2) is 43.6 Å². The second-order valence-corrected chi connectivity index (χ2v) is 8.01. The highest BCUT2D eigenvalue weighted by molar-refractivity contribution is 5.79. The highest BCUT2D eigenvalue weighted by atomic mass is 19.1. The average Bonchev–Trinajstić information content (AvgIpc) is 3.32. The molecule has 1 N–H and O–H groups in total. The first-order valence-corrected chi connectivity index (χ1v) is 10.6. The Hall–Kier alpha value is -4.08. The van der Waals surface area contributed by atoms with Gasteiger partial charge in [-0.05, 0) is 37.1 Å². The summed E-state index contributed by atoms with van der Waals surface area (Å²) in [5, 5.41) is 4.29. The minimum Gasteiger partial charge on any atom is -0.340 e. The minimum atomic E-state index is -0.628. The molecule has 2 aromatic carbocycles. The van der Waals surface area contributed by atoms with Crippen LogP contribution in [-0.2, 0) is 11.3 Å². The second-order valence-electron chi connectivity index (χ2n) is 8.01. The summed E-state index contributed by atoms with van der Waals surface area (Å²) >= 11 is 0. The van der Waals surface area contributed by atoms with E-state index in [1.165, 1.54) is 12.1 Å². The van der Waals surface area contributed by atoms with E-state index >= 15 is 0 Å². The van der Waals surface area contributed by atoms with Crippen molar-refractivity contribution in [2.75, 3.05) is 13.1 Å². The van der Waals surface area contributed by atoms with Crippen LogP contribution in [0.5, 0.6) is 0 Å². The lowest BCUT2D eigenvalue weighted by molar-refractivity contribution is -0.133. The predicted octanol–water partition coefficient (Wildman–Crippen LogP) is 2.29. The van der Waals surface area contributed by atoms with E-state index in [4.69, 9.17) is 4.52 Å². The Labute approximate surface area is 186 Å². The van der Waals surface area contributed by atoms with Gasteiger partial charge in [0.05, 0.1) is 16.8 Å². The van der Waals surface area contributed by atoms with Gasteiger partial charge in [-0.1, -0.05) is 29.4 Å². The average molecular weight is 449 g/mol. The summed E-state index contributed by atoms with van der Waals surface area (Å²) in [4.78, 5) is 46.7. The molecule has 168 valence electrons. The fourth-order valence-electron chi connectivity index (χ4n) is 4.13. The molecule has 0 aliphatic carbocycles. The number of H-pyrrole nitrogens is 1. The van der Waals surface area contributed by atoms with Crippen LogP contribution in [0.1, 0.15) is 24.7 Å². The Balaban J connectivity index is 1.34. The number of likely N-dealkylation sites (tertiary alicyclic amines) is 1. The van der Waals surface area contributed by atoms with Crippen molar-refractivity contribution < 1.29 is 13.7 Å². The zero-order valence-corrected chi connectivity index (χ0v) is 17.5. The molecule has 1 unspecified atom stereocenters. The smallest absolute Gasteiger partial charge is 0.329 e. The number of nitrogens with zero attached hydrogens (tertiary/aromatic N) is 4. The third-order valence-electron chi connectivity index (χ3n) is 5.83. The number of amides is 1. The molecule has 1 amide bonds. The zero-order valence-electron chi connectivity index (χ0n) is 17.5. The van der Waals surface area contributed by atoms with Crippen molar-refractivity contribution in [1.29, 1.82) is 0 Å². The number of benzene rings is 2. The lowest BCUT2D eigenvalue weighted by Crippen LogP contribution is -2.45. The number of nitrogens with one attached hydrogen (secondary N) is 1. The van der Waals surface area contributed by atoms with E-state index in [-0.39, 0.29) is 24.2 Å². The molecule has 3 heterocycles. The minimum absolute atomic E-state index is 0.191. The van der Waals surface area contributed by atoms with Gasteiger partial charge in [-0.25, -0.2) is 9.18 Å². The number of aromatic nitrogens is 4. The van der Waals surface area contributed by atoms with E-state index in [0.717, 1.165) is 11.0 Å². The van der Waals surface area contributed by atoms with E-state index in [1.54, 1.807) is 41.3 Å². The monoisotopic (exact) mass is 449 g/mol. The standard InChI is InChI=1S/C23H20FN5O4/c24-16-7-3-5-14(11-16)20-26-21(33-27-20)15-6-4-10-28(12-15)19(30)13-29-22(31)17-8-1-2-9-18(17)25-23(29)32/h1-3,5,7-9,11,15H,4,6,10,12-13H2,(H,25,32). The molecule has 1 fully saturated rings. The van der Waals surface area contributed by atoms with Crippen LogP contribution in [0.15, 0.2) is 62.6 Å². The van der Waals surface area contributed by atoms with E-state index in [2.05, 4.69) is 15.1 Å². The highest BCUT2D eigenvalue weighted by Crippen LogP contribution is 2.28. The van der Waals surface area contributed by atoms with Crippen molar-refractivity contribution in [3.63, 3.8) is 0 Å². The summed E-state index contributed by atoms with van der Waals surface area (Å²) in [6.07, 6.45) is 1.45. The highest BCUT2D eigenvalue weighted by Gasteiger charge is 2.29. The van der Waals surface area contributed by atoms with E-state index in [0.29, 0.717) is 41.9 Å². The van der Waals surface area contributed by atoms with Crippen LogP contribution in [0.4, 0.5) is 4.39 Å². The predicted molar refractivity (Wildman–Crippen MR) is 117 cm³/mol. The fourth-order valence-corrected chi connectivity index (χ4v) is 4.13. The van der Waals surface area contributed by atoms with Crippen LogP contribution < -0.4 is 11.2 Å². The molecular weight excluding hydrogens is 429 g/mol. The Bertz CT molecular complexity index is 1460. The van der Waals surface area contributed by atoms with Crippen molar-refractivity contribution in [2.24, 2.45) is 0 Å². The lowest BCUT2D eigenvalue weighted by Gasteiger charge is -2.31. The largest absolute Gasteiger partial charge is 0.340 e. The van der Waals surface area contributed by atoms with Gasteiger partial charge < -0.3 is 14.4 Å². The molecule has 0 bridgehead atoms. The van der Waals surface area contributed by atoms with Crippen molar-refractivity contribution in [3.8, 4) is 11.4 Å². The number of rotatable bonds is 4. The van der Waals surface area contributed by atoms with E-state index in [1.807, 2.05) is 0 Å². The number of fused-ring (bicyclic) bond motifs is 1. The Morgan fingerprint density at radius 3 is 2.88 bits per heavy atom. The van der Waals surface area contributed by atoms with Crippen molar-refractivity contribution in [1.82, 2.24) is 24.6 Å². The number of hydrogen-bond donors (Lipinski definition) is 1. The maximum Gasteiger partial charge on any atom is 0.329 e. The number of hydrogen-bond acceptors (Lipinski definition) is 6. The molecule has 33 heavy (non-hydrogen) atoms. The van der Waals surface area contributed by atoms with Crippen LogP contribution in [0.25, 0.3) is 22.3 Å². The molecule has 9 nitrogen and oxygen atoms in total. The molecule has 0 saturated carbocycles. The van der Waals surface area contributed by atoms with E-state index < -0.39 is 17.1 Å². The third-order valence-corrected chi connectivity index (χ3v) is 5.83. The number of piperidine rings is 1. The summed E-state index contributed by atoms with van der Waals surface area (Å²) < 4.78 is 19.8. The van der Waals surface area contributed by atoms with Gasteiger partial charge >= 0.3 is 5.69 Å². The maximum absolute atomic E-state index is 13.5. The topological polar surface area (TPSA) is 114 Å². The van der Waals surface area contributed by atoms with Crippen LogP contribution in [0.2, 0.25) is 0 Å². The van der Waals surface area contributed by atoms with Crippen molar-refractivity contribution >= 4 is 16.8 Å². The summed E-state index contributed by atoms with van der Waals surface area (Å²) in [5.41, 5.74) is -0.200. The van der Waals surface area contributed by atoms with Crippen molar-refractivity contribution in [2.45, 2.75) is 25.3 Å². The summed E-state index contributed by atoms with van der Waals surface area (Å²) in [5.74, 6) is -0.279. The van der Waals surface area contributed by atoms with Gasteiger partial charge in [0.15, 0.2) is 0 Å². The van der Waals surface area contributed by atoms with Gasteiger partial charge in [0.25, 0.3) is 5.56 Å². The first-order chi connectivity index (χ1) is 16.0. The quantitative estimate of drug-likeness (QED) is 0.511. The molecular formula is C23H20FN5O4. The molecule has 2 aromatic heterocycles. The zero-order chi connectivity index (χ0) is 22.9. The van der Waals surface area contributed by atoms with Gasteiger partial charge in [0.2, 0.25) is 17.6 Å². The summed E-state index contributed by atoms with van der Waals surface area (Å²) in [6.45, 7) is 0.467. The third kappa shape index (κ3) is 4.07. The number of carbonyl (C=O) groups is 1. The van der Waals surface area contributed by atoms with Gasteiger partial charge in [-0.2, -0.15) is 4.98 Å². The molecule has 1 atom stereocenters. The normalized spacial score (nSPS) is 16.3. The molecule has 1 saturated heterocycles. The summed E-state index contributed by atoms with van der Waals surface area (Å²) in [6, 6.07) is 12.6. The first-order valence-electron chi connectivity index (χ1n) is 10.6. The Kier molecular flexibility index (Phi) is 5.33. The molecule has 10 heteroatoms. The molecule has 1 aliphatic rings. The van der Waals surface area contributed by atoms with Gasteiger partial charge in [-0.3, -0.25) is 14.2 Å². The SMILES string of the molecule is O=C(Cn1c(=O)[nH]c2ccccc2c1=O)N1CCCC(c2nc(-c3cccc(F)c3)no2)C1. The Morgan fingerprint density at radius 1 is 1.18 bits per heavy atom. The summed E-state index contributed by atoms with van der Waals surface area (Å²) in [7, 11) is 0. The molecule has 0 spiro atoms. The number of halogens is 1. The number of para-hydroxylation sites is 1. The fraction of sp³-hybridized carbons (Fsp3) is 0.261.